The minimum absolute atomic E-state index is 0.108. The summed E-state index contributed by atoms with van der Waals surface area (Å²) in [6.45, 7) is 0.526. The van der Waals surface area contributed by atoms with Crippen LogP contribution >= 0.6 is 11.6 Å². The summed E-state index contributed by atoms with van der Waals surface area (Å²) >= 11 is 5.99. The maximum atomic E-state index is 11.0. The molecule has 0 fully saturated rings. The Kier molecular flexibility index (Phi) is 3.54. The molecule has 1 aromatic carbocycles. The van der Waals surface area contributed by atoms with Crippen molar-refractivity contribution in [3.05, 3.63) is 45.2 Å². The van der Waals surface area contributed by atoms with E-state index in [1.54, 1.807) is 19.3 Å². The van der Waals surface area contributed by atoms with Gasteiger partial charge in [-0.1, -0.05) is 22.9 Å². The van der Waals surface area contributed by atoms with E-state index in [-0.39, 0.29) is 16.4 Å². The fraction of sp³-hybridized carbons (Fsp3) is 0.200. The second-order valence-electron chi connectivity index (χ2n) is 3.55. The van der Waals surface area contributed by atoms with Gasteiger partial charge in [0.05, 0.1) is 21.8 Å². The first-order valence-corrected chi connectivity index (χ1v) is 5.50. The molecule has 0 spiro atoms. The van der Waals surface area contributed by atoms with Gasteiger partial charge < -0.3 is 5.32 Å². The lowest BCUT2D eigenvalue weighted by Crippen LogP contribution is -2.05. The molecule has 0 aliphatic heterocycles. The third kappa shape index (κ3) is 2.31. The van der Waals surface area contributed by atoms with Gasteiger partial charge in [-0.3, -0.25) is 10.1 Å². The van der Waals surface area contributed by atoms with Crippen molar-refractivity contribution in [3.8, 4) is 5.69 Å². The quantitative estimate of drug-likeness (QED) is 0.671. The number of rotatable bonds is 4. The smallest absolute Gasteiger partial charge is 0.296 e. The second-order valence-corrected chi connectivity index (χ2v) is 3.96. The Morgan fingerprint density at radius 1 is 1.56 bits per heavy atom. The molecule has 0 amide bonds. The number of nitro groups is 1. The van der Waals surface area contributed by atoms with E-state index in [2.05, 4.69) is 15.6 Å². The molecule has 0 aliphatic rings. The summed E-state index contributed by atoms with van der Waals surface area (Å²) < 4.78 is 1.31. The first kappa shape index (κ1) is 12.5. The highest BCUT2D eigenvalue weighted by Crippen LogP contribution is 2.29. The molecule has 0 saturated heterocycles. The van der Waals surface area contributed by atoms with Gasteiger partial charge in [0.15, 0.2) is 5.69 Å². The minimum Gasteiger partial charge on any atom is -0.314 e. The number of hydrogen-bond donors (Lipinski definition) is 1. The molecule has 2 rings (SSSR count). The van der Waals surface area contributed by atoms with Crippen molar-refractivity contribution in [3.63, 3.8) is 0 Å². The van der Waals surface area contributed by atoms with E-state index in [0.717, 1.165) is 0 Å². The number of nitrogens with one attached hydrogen (secondary N) is 1. The average Bonchev–Trinajstić information content (AvgIpc) is 2.77. The van der Waals surface area contributed by atoms with Crippen molar-refractivity contribution in [1.29, 1.82) is 0 Å². The molecule has 2 aromatic rings. The van der Waals surface area contributed by atoms with Crippen LogP contribution in [-0.4, -0.2) is 27.0 Å². The highest BCUT2D eigenvalue weighted by atomic mass is 35.5. The average molecular weight is 268 g/mol. The molecule has 1 heterocycles. The lowest BCUT2D eigenvalue weighted by molar-refractivity contribution is -0.384. The van der Waals surface area contributed by atoms with Crippen LogP contribution in [0.5, 0.6) is 0 Å². The maximum Gasteiger partial charge on any atom is 0.296 e. The third-order valence-corrected chi connectivity index (χ3v) is 2.60. The number of nitrogens with zero attached hydrogens (tertiary/aromatic N) is 4. The predicted molar refractivity (Wildman–Crippen MR) is 65.8 cm³/mol. The number of nitro benzene ring substituents is 1. The first-order valence-electron chi connectivity index (χ1n) is 5.12. The molecule has 0 unspecified atom stereocenters. The Morgan fingerprint density at radius 2 is 2.33 bits per heavy atom. The van der Waals surface area contributed by atoms with Crippen molar-refractivity contribution in [2.24, 2.45) is 0 Å². The summed E-state index contributed by atoms with van der Waals surface area (Å²) in [6, 6.07) is 4.47. The Balaban J connectivity index is 2.51. The van der Waals surface area contributed by atoms with Crippen LogP contribution < -0.4 is 5.32 Å². The van der Waals surface area contributed by atoms with Gasteiger partial charge in [0.25, 0.3) is 5.69 Å². The number of halogens is 1. The number of para-hydroxylation sites is 1. The molecule has 1 N–H and O–H groups in total. The number of hydrogen-bond acceptors (Lipinski definition) is 5. The maximum absolute atomic E-state index is 11.0. The van der Waals surface area contributed by atoms with Crippen molar-refractivity contribution in [1.82, 2.24) is 20.3 Å². The molecule has 7 nitrogen and oxygen atoms in total. The van der Waals surface area contributed by atoms with E-state index in [0.29, 0.717) is 12.2 Å². The fourth-order valence-electron chi connectivity index (χ4n) is 1.55. The summed E-state index contributed by atoms with van der Waals surface area (Å²) in [5, 5.41) is 21.9. The monoisotopic (exact) mass is 267 g/mol. The van der Waals surface area contributed by atoms with E-state index in [9.17, 15) is 10.1 Å². The third-order valence-electron chi connectivity index (χ3n) is 2.29. The fourth-order valence-corrected chi connectivity index (χ4v) is 1.80. The van der Waals surface area contributed by atoms with Crippen LogP contribution in [0.4, 0.5) is 5.69 Å². The van der Waals surface area contributed by atoms with Gasteiger partial charge in [-0.2, -0.15) is 0 Å². The minimum atomic E-state index is -0.499. The Labute approximate surface area is 108 Å². The number of aromatic nitrogens is 3. The Hall–Kier alpha value is -1.99. The topological polar surface area (TPSA) is 85.9 Å². The van der Waals surface area contributed by atoms with Gasteiger partial charge in [0, 0.05) is 12.6 Å². The summed E-state index contributed by atoms with van der Waals surface area (Å²) in [6.07, 6.45) is 1.60. The van der Waals surface area contributed by atoms with E-state index in [1.807, 2.05) is 0 Å². The van der Waals surface area contributed by atoms with E-state index in [1.165, 1.54) is 16.8 Å². The molecule has 0 saturated carbocycles. The van der Waals surface area contributed by atoms with Crippen molar-refractivity contribution in [2.75, 3.05) is 7.05 Å². The zero-order valence-electron chi connectivity index (χ0n) is 9.50. The zero-order chi connectivity index (χ0) is 13.1. The van der Waals surface area contributed by atoms with Crippen LogP contribution in [0.25, 0.3) is 5.69 Å². The molecule has 0 bridgehead atoms. The van der Waals surface area contributed by atoms with Crippen LogP contribution in [-0.2, 0) is 6.54 Å². The van der Waals surface area contributed by atoms with Crippen LogP contribution in [0.1, 0.15) is 5.69 Å². The Morgan fingerprint density at radius 3 is 3.00 bits per heavy atom. The molecule has 0 atom stereocenters. The van der Waals surface area contributed by atoms with Gasteiger partial charge in [-0.05, 0) is 13.1 Å². The Bertz CT molecular complexity index is 583. The molecule has 0 aliphatic carbocycles. The molecule has 8 heteroatoms. The van der Waals surface area contributed by atoms with E-state index < -0.39 is 4.92 Å². The molecular formula is C10H10ClN5O2. The van der Waals surface area contributed by atoms with Gasteiger partial charge in [0.1, 0.15) is 0 Å². The van der Waals surface area contributed by atoms with Gasteiger partial charge in [-0.15, -0.1) is 5.10 Å². The normalized spacial score (nSPS) is 10.6. The summed E-state index contributed by atoms with van der Waals surface area (Å²) in [5.41, 5.74) is 0.786. The lowest BCUT2D eigenvalue weighted by Gasteiger charge is -2.03. The summed E-state index contributed by atoms with van der Waals surface area (Å²) in [4.78, 5) is 10.5. The van der Waals surface area contributed by atoms with Crippen molar-refractivity contribution < 1.29 is 4.92 Å². The van der Waals surface area contributed by atoms with Crippen molar-refractivity contribution >= 4 is 17.3 Å². The molecule has 94 valence electrons. The number of benzene rings is 1. The van der Waals surface area contributed by atoms with Crippen LogP contribution in [0, 0.1) is 10.1 Å². The van der Waals surface area contributed by atoms with E-state index in [4.69, 9.17) is 11.6 Å². The SMILES string of the molecule is CNCc1cn(-c2c(Cl)cccc2[N+](=O)[O-])nn1. The van der Waals surface area contributed by atoms with Crippen LogP contribution in [0.2, 0.25) is 5.02 Å². The highest BCUT2D eigenvalue weighted by molar-refractivity contribution is 6.32. The molecule has 0 radical (unpaired) electrons. The second kappa shape index (κ2) is 5.11. The predicted octanol–water partition coefficient (Wildman–Crippen LogP) is 1.55. The van der Waals surface area contributed by atoms with Gasteiger partial charge in [-0.25, -0.2) is 4.68 Å². The highest BCUT2D eigenvalue weighted by Gasteiger charge is 2.19. The molecule has 1 aromatic heterocycles. The van der Waals surface area contributed by atoms with Crippen molar-refractivity contribution in [2.45, 2.75) is 6.54 Å². The summed E-state index contributed by atoms with van der Waals surface area (Å²) in [7, 11) is 1.77. The van der Waals surface area contributed by atoms with Gasteiger partial charge in [0.2, 0.25) is 0 Å². The standard InChI is InChI=1S/C10H10ClN5O2/c1-12-5-7-6-15(14-13-7)10-8(11)3-2-4-9(10)16(17)18/h2-4,6,12H,5H2,1H3. The lowest BCUT2D eigenvalue weighted by atomic mass is 10.2. The largest absolute Gasteiger partial charge is 0.314 e. The summed E-state index contributed by atoms with van der Waals surface area (Å²) in [5.74, 6) is 0. The first-order chi connectivity index (χ1) is 8.63. The molecule has 18 heavy (non-hydrogen) atoms. The van der Waals surface area contributed by atoms with Crippen LogP contribution in [0.3, 0.4) is 0 Å². The molecular weight excluding hydrogens is 258 g/mol. The van der Waals surface area contributed by atoms with Crippen LogP contribution in [0.15, 0.2) is 24.4 Å². The van der Waals surface area contributed by atoms with E-state index >= 15 is 0 Å². The van der Waals surface area contributed by atoms with Gasteiger partial charge >= 0.3 is 0 Å². The zero-order valence-corrected chi connectivity index (χ0v) is 10.3.